The van der Waals surface area contributed by atoms with Gasteiger partial charge < -0.3 is 19.4 Å². The summed E-state index contributed by atoms with van der Waals surface area (Å²) in [5.41, 5.74) is 2.27. The van der Waals surface area contributed by atoms with Gasteiger partial charge in [0.05, 0.1) is 0 Å². The summed E-state index contributed by atoms with van der Waals surface area (Å²) in [7, 11) is 0. The molecule has 0 atom stereocenters. The molecule has 0 spiro atoms. The van der Waals surface area contributed by atoms with Crippen molar-refractivity contribution in [2.45, 2.75) is 20.5 Å². The second-order valence-corrected chi connectivity index (χ2v) is 7.96. The highest BCUT2D eigenvalue weighted by molar-refractivity contribution is 5.91. The van der Waals surface area contributed by atoms with Crippen LogP contribution in [0.1, 0.15) is 27.4 Å². The molecule has 1 aromatic carbocycles. The van der Waals surface area contributed by atoms with Crippen molar-refractivity contribution < 1.29 is 13.9 Å². The zero-order valence-electron chi connectivity index (χ0n) is 18.6. The summed E-state index contributed by atoms with van der Waals surface area (Å²) in [6.07, 6.45) is 3.53. The number of piperazine rings is 1. The molecule has 168 valence electrons. The molecule has 1 fully saturated rings. The maximum atomic E-state index is 12.4. The number of hydrogen-bond acceptors (Lipinski definition) is 7. The number of nitrogens with one attached hydrogen (secondary N) is 1. The Balaban J connectivity index is 1.18. The van der Waals surface area contributed by atoms with Gasteiger partial charge in [0.15, 0.2) is 5.76 Å². The summed E-state index contributed by atoms with van der Waals surface area (Å²) in [6.45, 7) is 9.27. The van der Waals surface area contributed by atoms with Crippen LogP contribution < -0.4 is 15.0 Å². The van der Waals surface area contributed by atoms with Crippen molar-refractivity contribution in [1.29, 1.82) is 0 Å². The number of rotatable bonds is 8. The van der Waals surface area contributed by atoms with Crippen LogP contribution in [-0.2, 0) is 6.61 Å². The van der Waals surface area contributed by atoms with Crippen molar-refractivity contribution in [3.63, 3.8) is 0 Å². The van der Waals surface area contributed by atoms with Crippen LogP contribution in [0.25, 0.3) is 0 Å². The number of carbonyl (C=O) groups is 1. The van der Waals surface area contributed by atoms with Gasteiger partial charge in [-0.25, -0.2) is 9.97 Å². The number of furan rings is 1. The molecule has 3 aromatic rings. The van der Waals surface area contributed by atoms with E-state index in [2.05, 4.69) is 31.2 Å². The third kappa shape index (κ3) is 5.64. The second-order valence-electron chi connectivity index (χ2n) is 7.96. The molecule has 3 heterocycles. The fourth-order valence-electron chi connectivity index (χ4n) is 3.73. The minimum Gasteiger partial charge on any atom is -0.485 e. The number of amides is 1. The van der Waals surface area contributed by atoms with Gasteiger partial charge in [0, 0.05) is 51.7 Å². The minimum atomic E-state index is -0.209. The molecule has 0 bridgehead atoms. The largest absolute Gasteiger partial charge is 0.485 e. The first-order valence-electron chi connectivity index (χ1n) is 10.9. The summed E-state index contributed by atoms with van der Waals surface area (Å²) >= 11 is 0. The summed E-state index contributed by atoms with van der Waals surface area (Å²) in [4.78, 5) is 25.5. The summed E-state index contributed by atoms with van der Waals surface area (Å²) in [6, 6.07) is 11.3. The van der Waals surface area contributed by atoms with Crippen LogP contribution in [0.4, 0.5) is 5.95 Å². The van der Waals surface area contributed by atoms with Crippen molar-refractivity contribution in [3.05, 3.63) is 71.4 Å². The van der Waals surface area contributed by atoms with E-state index in [4.69, 9.17) is 9.15 Å². The first-order chi connectivity index (χ1) is 15.6. The average molecular weight is 436 g/mol. The fourth-order valence-corrected chi connectivity index (χ4v) is 3.73. The summed E-state index contributed by atoms with van der Waals surface area (Å²) in [5, 5.41) is 2.94. The van der Waals surface area contributed by atoms with Crippen molar-refractivity contribution in [1.82, 2.24) is 20.2 Å². The lowest BCUT2D eigenvalue weighted by Gasteiger charge is -2.34. The van der Waals surface area contributed by atoms with E-state index in [-0.39, 0.29) is 12.5 Å². The first kappa shape index (κ1) is 21.8. The molecule has 4 rings (SSSR count). The minimum absolute atomic E-state index is 0.209. The monoisotopic (exact) mass is 435 g/mol. The number of ether oxygens (including phenoxy) is 1. The Labute approximate surface area is 188 Å². The van der Waals surface area contributed by atoms with E-state index in [9.17, 15) is 4.79 Å². The zero-order chi connectivity index (χ0) is 22.3. The van der Waals surface area contributed by atoms with Crippen LogP contribution in [0.3, 0.4) is 0 Å². The van der Waals surface area contributed by atoms with Gasteiger partial charge in [-0.05, 0) is 43.7 Å². The van der Waals surface area contributed by atoms with E-state index in [1.54, 1.807) is 24.5 Å². The predicted octanol–water partition coefficient (Wildman–Crippen LogP) is 2.82. The Hall–Kier alpha value is -3.39. The van der Waals surface area contributed by atoms with E-state index in [0.717, 1.165) is 50.0 Å². The lowest BCUT2D eigenvalue weighted by Crippen LogP contribution is -2.49. The lowest BCUT2D eigenvalue weighted by atomic mass is 10.1. The molecule has 1 aliphatic heterocycles. The van der Waals surface area contributed by atoms with Crippen LogP contribution in [0.5, 0.6) is 5.75 Å². The molecule has 8 nitrogen and oxygen atoms in total. The van der Waals surface area contributed by atoms with Crippen molar-refractivity contribution in [2.24, 2.45) is 0 Å². The number of aromatic nitrogens is 2. The van der Waals surface area contributed by atoms with E-state index in [0.29, 0.717) is 18.1 Å². The summed E-state index contributed by atoms with van der Waals surface area (Å²) in [5.74, 6) is 2.30. The standard InChI is InChI=1S/C24H29N5O3/c1-18-4-6-21(19(2)16-18)31-17-20-5-7-22(32-20)23(30)25-10-11-28-12-14-29(15-13-28)24-26-8-3-9-27-24/h3-9,16H,10-15,17H2,1-2H3,(H,25,30). The van der Waals surface area contributed by atoms with Crippen LogP contribution in [0.15, 0.2) is 53.2 Å². The normalized spacial score (nSPS) is 14.4. The van der Waals surface area contributed by atoms with Crippen LogP contribution >= 0.6 is 0 Å². The Morgan fingerprint density at radius 1 is 1.09 bits per heavy atom. The molecule has 0 radical (unpaired) electrons. The number of anilines is 1. The van der Waals surface area contributed by atoms with Gasteiger partial charge >= 0.3 is 0 Å². The Morgan fingerprint density at radius 3 is 2.62 bits per heavy atom. The van der Waals surface area contributed by atoms with Crippen LogP contribution in [0, 0.1) is 13.8 Å². The highest BCUT2D eigenvalue weighted by Crippen LogP contribution is 2.20. The number of carbonyl (C=O) groups excluding carboxylic acids is 1. The molecule has 0 unspecified atom stereocenters. The molecule has 0 saturated carbocycles. The van der Waals surface area contributed by atoms with Gasteiger partial charge in [-0.3, -0.25) is 9.69 Å². The highest BCUT2D eigenvalue weighted by Gasteiger charge is 2.19. The molecular weight excluding hydrogens is 406 g/mol. The average Bonchev–Trinajstić information content (AvgIpc) is 3.29. The van der Waals surface area contributed by atoms with Gasteiger partial charge in [0.25, 0.3) is 5.91 Å². The third-order valence-corrected chi connectivity index (χ3v) is 5.51. The van der Waals surface area contributed by atoms with Gasteiger partial charge in [-0.2, -0.15) is 0 Å². The molecule has 1 N–H and O–H groups in total. The van der Waals surface area contributed by atoms with E-state index in [1.165, 1.54) is 5.56 Å². The SMILES string of the molecule is Cc1ccc(OCc2ccc(C(=O)NCCN3CCN(c4ncccn4)CC3)o2)c(C)c1. The fraction of sp³-hybridized carbons (Fsp3) is 0.375. The topological polar surface area (TPSA) is 83.7 Å². The quantitative estimate of drug-likeness (QED) is 0.582. The van der Waals surface area contributed by atoms with E-state index in [1.807, 2.05) is 32.0 Å². The summed E-state index contributed by atoms with van der Waals surface area (Å²) < 4.78 is 11.5. The van der Waals surface area contributed by atoms with Crippen LogP contribution in [-0.4, -0.2) is 60.0 Å². The molecule has 32 heavy (non-hydrogen) atoms. The second kappa shape index (κ2) is 10.3. The third-order valence-electron chi connectivity index (χ3n) is 5.51. The smallest absolute Gasteiger partial charge is 0.287 e. The number of aryl methyl sites for hydroxylation is 2. The molecule has 1 aliphatic rings. The van der Waals surface area contributed by atoms with Crippen molar-refractivity contribution >= 4 is 11.9 Å². The lowest BCUT2D eigenvalue weighted by molar-refractivity contribution is 0.0916. The van der Waals surface area contributed by atoms with Crippen LogP contribution in [0.2, 0.25) is 0 Å². The van der Waals surface area contributed by atoms with Crippen molar-refractivity contribution in [2.75, 3.05) is 44.2 Å². The molecule has 0 aliphatic carbocycles. The first-order valence-corrected chi connectivity index (χ1v) is 10.9. The Kier molecular flexibility index (Phi) is 7.01. The van der Waals surface area contributed by atoms with E-state index >= 15 is 0 Å². The Morgan fingerprint density at radius 2 is 1.88 bits per heavy atom. The predicted molar refractivity (Wildman–Crippen MR) is 122 cm³/mol. The van der Waals surface area contributed by atoms with Gasteiger partial charge in [0.1, 0.15) is 18.1 Å². The molecule has 1 saturated heterocycles. The maximum absolute atomic E-state index is 12.4. The molecular formula is C24H29N5O3. The number of benzene rings is 1. The van der Waals surface area contributed by atoms with E-state index < -0.39 is 0 Å². The Bertz CT molecular complexity index is 1030. The van der Waals surface area contributed by atoms with Gasteiger partial charge in [-0.15, -0.1) is 0 Å². The molecule has 8 heteroatoms. The zero-order valence-corrected chi connectivity index (χ0v) is 18.6. The van der Waals surface area contributed by atoms with Gasteiger partial charge in [0.2, 0.25) is 5.95 Å². The molecule has 2 aromatic heterocycles. The number of nitrogens with zero attached hydrogens (tertiary/aromatic N) is 4. The highest BCUT2D eigenvalue weighted by atomic mass is 16.5. The van der Waals surface area contributed by atoms with Gasteiger partial charge in [-0.1, -0.05) is 17.7 Å². The number of hydrogen-bond donors (Lipinski definition) is 1. The molecule has 1 amide bonds. The van der Waals surface area contributed by atoms with Crippen molar-refractivity contribution in [3.8, 4) is 5.75 Å². The maximum Gasteiger partial charge on any atom is 0.287 e.